The van der Waals surface area contributed by atoms with Gasteiger partial charge in [0.05, 0.1) is 18.1 Å². The molecule has 9 atom stereocenters. The van der Waals surface area contributed by atoms with Crippen molar-refractivity contribution in [2.45, 2.75) is 98.4 Å². The van der Waals surface area contributed by atoms with E-state index >= 15 is 0 Å². The Morgan fingerprint density at radius 2 is 1.83 bits per heavy atom. The molecule has 202 valence electrons. The van der Waals surface area contributed by atoms with Crippen LogP contribution in [0.5, 0.6) is 0 Å². The van der Waals surface area contributed by atoms with Gasteiger partial charge in [-0.25, -0.2) is 4.79 Å². The van der Waals surface area contributed by atoms with Gasteiger partial charge in [0.1, 0.15) is 11.7 Å². The van der Waals surface area contributed by atoms with E-state index in [9.17, 15) is 15.0 Å². The highest BCUT2D eigenvalue weighted by atomic mass is 16.7. The summed E-state index contributed by atoms with van der Waals surface area (Å²) in [5.41, 5.74) is -1.05. The molecule has 0 aromatic carbocycles. The molecule has 2 bridgehead atoms. The van der Waals surface area contributed by atoms with Crippen molar-refractivity contribution in [3.8, 4) is 0 Å². The smallest absolute Gasteiger partial charge is 0.410 e. The largest absolute Gasteiger partial charge is 0.438 e. The van der Waals surface area contributed by atoms with E-state index in [1.165, 1.54) is 0 Å². The van der Waals surface area contributed by atoms with Crippen LogP contribution in [0.25, 0.3) is 0 Å². The fraction of sp³-hybridized carbons (Fsp3) is 0.828. The van der Waals surface area contributed by atoms with Gasteiger partial charge in [-0.05, 0) is 74.9 Å². The number of ether oxygens (including phenoxy) is 3. The number of nitrogens with zero attached hydrogens (tertiary/aromatic N) is 1. The van der Waals surface area contributed by atoms with E-state index < -0.39 is 41.2 Å². The van der Waals surface area contributed by atoms with Crippen molar-refractivity contribution in [2.75, 3.05) is 19.7 Å². The Labute approximate surface area is 215 Å². The summed E-state index contributed by atoms with van der Waals surface area (Å²) in [4.78, 5) is 14.8. The third-order valence-corrected chi connectivity index (χ3v) is 11.0. The monoisotopic (exact) mass is 503 g/mol. The molecule has 1 heterocycles. The normalized spacial score (nSPS) is 47.8. The number of fused-ring (bicyclic) bond motifs is 5. The lowest BCUT2D eigenvalue weighted by Crippen LogP contribution is -2.69. The molecular weight excluding hydrogens is 458 g/mol. The van der Waals surface area contributed by atoms with E-state index in [0.717, 1.165) is 17.6 Å². The van der Waals surface area contributed by atoms with Crippen LogP contribution in [0.4, 0.5) is 4.79 Å². The van der Waals surface area contributed by atoms with Crippen LogP contribution in [0.15, 0.2) is 23.3 Å². The number of aliphatic hydroxyl groups excluding tert-OH is 1. The second kappa shape index (κ2) is 7.81. The van der Waals surface area contributed by atoms with E-state index in [-0.39, 0.29) is 28.6 Å². The Morgan fingerprint density at radius 3 is 2.44 bits per heavy atom. The van der Waals surface area contributed by atoms with E-state index in [1.807, 2.05) is 40.7 Å². The van der Waals surface area contributed by atoms with Gasteiger partial charge in [-0.15, -0.1) is 0 Å². The molecule has 1 spiro atoms. The average Bonchev–Trinajstić information content (AvgIpc) is 3.16. The van der Waals surface area contributed by atoms with Crippen LogP contribution in [-0.4, -0.2) is 70.6 Å². The maximum Gasteiger partial charge on any atom is 0.410 e. The summed E-state index contributed by atoms with van der Waals surface area (Å²) in [5, 5.41) is 25.4. The van der Waals surface area contributed by atoms with Crippen molar-refractivity contribution in [1.82, 2.24) is 4.90 Å². The van der Waals surface area contributed by atoms with Gasteiger partial charge in [0.15, 0.2) is 11.9 Å². The van der Waals surface area contributed by atoms with Crippen molar-refractivity contribution in [1.29, 1.82) is 0 Å². The molecule has 4 aliphatic carbocycles. The minimum Gasteiger partial charge on any atom is -0.438 e. The quantitative estimate of drug-likeness (QED) is 0.559. The van der Waals surface area contributed by atoms with Crippen molar-refractivity contribution in [3.05, 3.63) is 23.3 Å². The van der Waals surface area contributed by atoms with E-state index in [2.05, 4.69) is 33.8 Å². The minimum atomic E-state index is -1.68. The van der Waals surface area contributed by atoms with Crippen LogP contribution in [0.1, 0.15) is 68.7 Å². The number of aliphatic hydroxyl groups is 2. The van der Waals surface area contributed by atoms with Crippen molar-refractivity contribution in [2.24, 2.45) is 34.0 Å². The summed E-state index contributed by atoms with van der Waals surface area (Å²) in [6.45, 7) is 19.8. The molecular formula is C29H45NO6. The fourth-order valence-corrected chi connectivity index (χ4v) is 8.89. The first-order valence-electron chi connectivity index (χ1n) is 13.7. The first kappa shape index (κ1) is 26.2. The molecule has 0 aromatic rings. The lowest BCUT2D eigenvalue weighted by molar-refractivity contribution is -0.312. The molecule has 3 fully saturated rings. The van der Waals surface area contributed by atoms with Crippen LogP contribution in [0.3, 0.4) is 0 Å². The van der Waals surface area contributed by atoms with Crippen LogP contribution in [0, 0.1) is 34.0 Å². The molecule has 1 aliphatic heterocycles. The molecule has 5 rings (SSSR count). The molecule has 1 amide bonds. The van der Waals surface area contributed by atoms with Gasteiger partial charge < -0.3 is 29.3 Å². The lowest BCUT2D eigenvalue weighted by Gasteiger charge is -2.55. The number of carbonyl (C=O) groups excluding carboxylic acids is 1. The predicted molar refractivity (Wildman–Crippen MR) is 136 cm³/mol. The summed E-state index contributed by atoms with van der Waals surface area (Å²) < 4.78 is 18.7. The summed E-state index contributed by atoms with van der Waals surface area (Å²) in [6, 6.07) is 0. The predicted octanol–water partition coefficient (Wildman–Crippen LogP) is 4.28. The second-order valence-corrected chi connectivity index (χ2v) is 13.3. The van der Waals surface area contributed by atoms with Crippen molar-refractivity contribution >= 4 is 6.09 Å². The van der Waals surface area contributed by atoms with E-state index in [1.54, 1.807) is 4.90 Å². The topological polar surface area (TPSA) is 88.5 Å². The van der Waals surface area contributed by atoms with Gasteiger partial charge in [-0.3, -0.25) is 0 Å². The molecule has 1 saturated heterocycles. The minimum absolute atomic E-state index is 0.0275. The van der Waals surface area contributed by atoms with Gasteiger partial charge in [0.2, 0.25) is 0 Å². The highest BCUT2D eigenvalue weighted by Crippen LogP contribution is 2.79. The highest BCUT2D eigenvalue weighted by molar-refractivity contribution is 5.68. The Kier molecular flexibility index (Phi) is 5.69. The maximum atomic E-state index is 13.2. The van der Waals surface area contributed by atoms with Gasteiger partial charge in [-0.2, -0.15) is 0 Å². The summed E-state index contributed by atoms with van der Waals surface area (Å²) in [7, 11) is 0. The fourth-order valence-electron chi connectivity index (χ4n) is 8.89. The van der Waals surface area contributed by atoms with Crippen LogP contribution < -0.4 is 0 Å². The number of amides is 1. The average molecular weight is 504 g/mol. The highest BCUT2D eigenvalue weighted by Gasteiger charge is 2.80. The van der Waals surface area contributed by atoms with Crippen LogP contribution in [0.2, 0.25) is 0 Å². The van der Waals surface area contributed by atoms with Crippen LogP contribution in [-0.2, 0) is 14.2 Å². The molecule has 2 saturated carbocycles. The second-order valence-electron chi connectivity index (χ2n) is 13.3. The third kappa shape index (κ3) is 3.03. The first-order chi connectivity index (χ1) is 16.6. The number of carbonyl (C=O) groups is 1. The van der Waals surface area contributed by atoms with E-state index in [0.29, 0.717) is 19.7 Å². The molecule has 2 N–H and O–H groups in total. The van der Waals surface area contributed by atoms with Gasteiger partial charge >= 0.3 is 6.09 Å². The Balaban J connectivity index is 1.71. The van der Waals surface area contributed by atoms with Crippen molar-refractivity contribution in [3.63, 3.8) is 0 Å². The molecule has 0 radical (unpaired) electrons. The third-order valence-electron chi connectivity index (χ3n) is 11.0. The van der Waals surface area contributed by atoms with Gasteiger partial charge in [-0.1, -0.05) is 39.8 Å². The Morgan fingerprint density at radius 1 is 1.19 bits per heavy atom. The Hall–Kier alpha value is -1.41. The van der Waals surface area contributed by atoms with Gasteiger partial charge in [0.25, 0.3) is 0 Å². The van der Waals surface area contributed by atoms with Crippen molar-refractivity contribution < 1.29 is 29.2 Å². The summed E-state index contributed by atoms with van der Waals surface area (Å²) >= 11 is 0. The summed E-state index contributed by atoms with van der Waals surface area (Å²) in [5.74, 6) is -0.917. The standard InChI is InChI=1S/C29H45NO6/c1-10-30(11-2)24(32)35-22-16(3)13-28-17(4)14-27(9)20(25(27,5)6)19(21(28)31)12-18-15-34-26(7,8)36-23(18)29(22,28)33/h12-13,17,19-23,31,33H,10-11,14-15H2,1-9H3/t17-,19+,20-,21?,22+,23-,27?,28+,29-/m1/s1. The first-order valence-corrected chi connectivity index (χ1v) is 13.7. The molecule has 0 aromatic heterocycles. The maximum absolute atomic E-state index is 13.2. The zero-order valence-corrected chi connectivity index (χ0v) is 23.4. The molecule has 7 nitrogen and oxygen atoms in total. The SMILES string of the molecule is CCN(CC)C(=O)O[C@H]1C(C)=C[C@]23C(O)[C@@H](C=C4COC(C)(C)O[C@H]4[C@]12O)[C@@H]1C(C)(C)C1(C)C[C@H]3C. The molecule has 5 aliphatic rings. The zero-order valence-electron chi connectivity index (χ0n) is 23.4. The number of rotatable bonds is 3. The molecule has 7 heteroatoms. The van der Waals surface area contributed by atoms with Gasteiger partial charge in [0, 0.05) is 19.0 Å². The molecule has 36 heavy (non-hydrogen) atoms. The van der Waals surface area contributed by atoms with E-state index in [4.69, 9.17) is 14.2 Å². The molecule has 2 unspecified atom stereocenters. The van der Waals surface area contributed by atoms with Crippen LogP contribution >= 0.6 is 0 Å². The number of hydrogen-bond acceptors (Lipinski definition) is 6. The Bertz CT molecular complexity index is 1010. The lowest BCUT2D eigenvalue weighted by atomic mass is 9.57. The zero-order chi connectivity index (χ0) is 26.6. The summed E-state index contributed by atoms with van der Waals surface area (Å²) in [6.07, 6.45) is 1.97. The number of hydrogen-bond donors (Lipinski definition) is 2.